The first-order valence-electron chi connectivity index (χ1n) is 11.3. The molecular weight excluding hydrogens is 456 g/mol. The second-order valence-corrected chi connectivity index (χ2v) is 10.3. The Bertz CT molecular complexity index is 1310. The fourth-order valence-corrected chi connectivity index (χ4v) is 6.01. The SMILES string of the molecule is Cc1ccc(-c2noc(C(=O)N3CCOCC3)n2)cc1S(=O)(=O)NC1CCCc2ccccc21. The molecule has 178 valence electrons. The Morgan fingerprint density at radius 2 is 1.94 bits per heavy atom. The average Bonchev–Trinajstić information content (AvgIpc) is 3.35. The molecule has 0 radical (unpaired) electrons. The molecule has 2 heterocycles. The molecule has 1 saturated heterocycles. The predicted octanol–water partition coefficient (Wildman–Crippen LogP) is 2.87. The van der Waals surface area contributed by atoms with Gasteiger partial charge in [0, 0.05) is 24.7 Å². The van der Waals surface area contributed by atoms with E-state index in [0.717, 1.165) is 24.8 Å². The molecule has 1 unspecified atom stereocenters. The van der Waals surface area contributed by atoms with Crippen LogP contribution in [0.5, 0.6) is 0 Å². The summed E-state index contributed by atoms with van der Waals surface area (Å²) in [6.07, 6.45) is 2.62. The second kappa shape index (κ2) is 9.28. The van der Waals surface area contributed by atoms with Crippen LogP contribution in [0.15, 0.2) is 51.9 Å². The highest BCUT2D eigenvalue weighted by Gasteiger charge is 2.28. The van der Waals surface area contributed by atoms with E-state index in [1.165, 1.54) is 11.6 Å². The van der Waals surface area contributed by atoms with Gasteiger partial charge in [-0.1, -0.05) is 41.6 Å². The summed E-state index contributed by atoms with van der Waals surface area (Å²) < 4.78 is 40.1. The molecule has 1 fully saturated rings. The number of hydrogen-bond donors (Lipinski definition) is 1. The third-order valence-electron chi connectivity index (χ3n) is 6.31. The van der Waals surface area contributed by atoms with Gasteiger partial charge >= 0.3 is 11.8 Å². The number of carbonyl (C=O) groups is 1. The van der Waals surface area contributed by atoms with Gasteiger partial charge in [0.05, 0.1) is 18.1 Å². The number of benzene rings is 2. The number of amides is 1. The lowest BCUT2D eigenvalue weighted by Gasteiger charge is -2.26. The van der Waals surface area contributed by atoms with Gasteiger partial charge in [-0.2, -0.15) is 4.98 Å². The number of nitrogens with one attached hydrogen (secondary N) is 1. The maximum Gasteiger partial charge on any atom is 0.316 e. The Labute approximate surface area is 198 Å². The van der Waals surface area contributed by atoms with Gasteiger partial charge in [-0.05, 0) is 48.9 Å². The largest absolute Gasteiger partial charge is 0.378 e. The molecule has 5 rings (SSSR count). The molecule has 10 heteroatoms. The molecule has 2 aliphatic rings. The van der Waals surface area contributed by atoms with Crippen molar-refractivity contribution in [3.63, 3.8) is 0 Å². The zero-order valence-corrected chi connectivity index (χ0v) is 19.7. The summed E-state index contributed by atoms with van der Waals surface area (Å²) in [6, 6.07) is 12.6. The molecule has 1 N–H and O–H groups in total. The Balaban J connectivity index is 1.40. The van der Waals surface area contributed by atoms with Crippen LogP contribution in [-0.4, -0.2) is 55.7 Å². The number of nitrogens with zero attached hydrogens (tertiary/aromatic N) is 3. The summed E-state index contributed by atoms with van der Waals surface area (Å²) in [4.78, 5) is 18.6. The molecule has 1 amide bonds. The third-order valence-corrected chi connectivity index (χ3v) is 7.92. The van der Waals surface area contributed by atoms with Crippen molar-refractivity contribution < 1.29 is 22.5 Å². The first-order chi connectivity index (χ1) is 16.4. The minimum Gasteiger partial charge on any atom is -0.378 e. The van der Waals surface area contributed by atoms with E-state index in [1.54, 1.807) is 24.0 Å². The first kappa shape index (κ1) is 22.7. The highest BCUT2D eigenvalue weighted by Crippen LogP contribution is 2.32. The molecule has 1 aliphatic heterocycles. The van der Waals surface area contributed by atoms with Crippen LogP contribution in [0.4, 0.5) is 0 Å². The maximum atomic E-state index is 13.4. The molecule has 0 spiro atoms. The molecule has 1 aromatic heterocycles. The lowest BCUT2D eigenvalue weighted by Crippen LogP contribution is -2.40. The smallest absolute Gasteiger partial charge is 0.316 e. The van der Waals surface area contributed by atoms with Crippen LogP contribution in [-0.2, 0) is 21.2 Å². The fraction of sp³-hybridized carbons (Fsp3) is 0.375. The lowest BCUT2D eigenvalue weighted by molar-refractivity contribution is 0.0272. The summed E-state index contributed by atoms with van der Waals surface area (Å²) in [6.45, 7) is 3.59. The van der Waals surface area contributed by atoms with Crippen LogP contribution in [0.25, 0.3) is 11.4 Å². The van der Waals surface area contributed by atoms with Crippen molar-refractivity contribution in [2.75, 3.05) is 26.3 Å². The van der Waals surface area contributed by atoms with Gasteiger partial charge in [0.25, 0.3) is 0 Å². The lowest BCUT2D eigenvalue weighted by atomic mass is 9.88. The number of fused-ring (bicyclic) bond motifs is 1. The van der Waals surface area contributed by atoms with E-state index in [4.69, 9.17) is 9.26 Å². The predicted molar refractivity (Wildman–Crippen MR) is 124 cm³/mol. The number of sulfonamides is 1. The van der Waals surface area contributed by atoms with Crippen molar-refractivity contribution in [2.45, 2.75) is 37.1 Å². The Kier molecular flexibility index (Phi) is 6.20. The van der Waals surface area contributed by atoms with Crippen LogP contribution >= 0.6 is 0 Å². The molecule has 2 aromatic carbocycles. The number of ether oxygens (including phenoxy) is 1. The standard InChI is InChI=1S/C24H26N4O5S/c1-16-9-10-18(22-25-23(33-26-22)24(29)28-11-13-32-14-12-28)15-21(16)34(30,31)27-20-8-4-6-17-5-2-3-7-19(17)20/h2-3,5,7,9-10,15,20,27H,4,6,8,11-14H2,1H3. The van der Waals surface area contributed by atoms with Crippen molar-refractivity contribution in [3.8, 4) is 11.4 Å². The molecule has 1 aliphatic carbocycles. The molecular formula is C24H26N4O5S. The van der Waals surface area contributed by atoms with Crippen molar-refractivity contribution in [1.29, 1.82) is 0 Å². The van der Waals surface area contributed by atoms with Gasteiger partial charge in [0.15, 0.2) is 0 Å². The van der Waals surface area contributed by atoms with Gasteiger partial charge in [0.2, 0.25) is 15.8 Å². The zero-order valence-electron chi connectivity index (χ0n) is 18.9. The minimum atomic E-state index is -3.82. The van der Waals surface area contributed by atoms with E-state index < -0.39 is 10.0 Å². The van der Waals surface area contributed by atoms with Gasteiger partial charge in [0.1, 0.15) is 0 Å². The third kappa shape index (κ3) is 4.48. The highest BCUT2D eigenvalue weighted by molar-refractivity contribution is 7.89. The van der Waals surface area contributed by atoms with Crippen molar-refractivity contribution in [3.05, 3.63) is 65.0 Å². The van der Waals surface area contributed by atoms with Crippen LogP contribution in [0.2, 0.25) is 0 Å². The monoisotopic (exact) mass is 482 g/mol. The van der Waals surface area contributed by atoms with Gasteiger partial charge in [-0.25, -0.2) is 13.1 Å². The summed E-state index contributed by atoms with van der Waals surface area (Å²) in [5.41, 5.74) is 3.26. The number of aryl methyl sites for hydroxylation is 2. The zero-order chi connectivity index (χ0) is 23.7. The quantitative estimate of drug-likeness (QED) is 0.595. The van der Waals surface area contributed by atoms with Crippen molar-refractivity contribution >= 4 is 15.9 Å². The summed E-state index contributed by atoms with van der Waals surface area (Å²) in [5.74, 6) is -0.325. The van der Waals surface area contributed by atoms with Gasteiger partial charge < -0.3 is 14.2 Å². The van der Waals surface area contributed by atoms with Crippen LogP contribution < -0.4 is 4.72 Å². The molecule has 0 bridgehead atoms. The molecule has 0 saturated carbocycles. The van der Waals surface area contributed by atoms with E-state index in [0.29, 0.717) is 37.4 Å². The van der Waals surface area contributed by atoms with Crippen molar-refractivity contribution in [2.24, 2.45) is 0 Å². The van der Waals surface area contributed by atoms with E-state index in [1.807, 2.05) is 24.3 Å². The van der Waals surface area contributed by atoms with Crippen LogP contribution in [0, 0.1) is 6.92 Å². The molecule has 3 aromatic rings. The number of aromatic nitrogens is 2. The van der Waals surface area contributed by atoms with Gasteiger partial charge in [-0.3, -0.25) is 4.79 Å². The Hall–Kier alpha value is -3.08. The Morgan fingerprint density at radius 3 is 2.76 bits per heavy atom. The number of hydrogen-bond acceptors (Lipinski definition) is 7. The Morgan fingerprint density at radius 1 is 1.15 bits per heavy atom. The summed E-state index contributed by atoms with van der Waals surface area (Å²) >= 11 is 0. The minimum absolute atomic E-state index is 0.126. The van der Waals surface area contributed by atoms with Gasteiger partial charge in [-0.15, -0.1) is 0 Å². The first-order valence-corrected chi connectivity index (χ1v) is 12.8. The maximum absolute atomic E-state index is 13.4. The van der Waals surface area contributed by atoms with E-state index >= 15 is 0 Å². The molecule has 1 atom stereocenters. The topological polar surface area (TPSA) is 115 Å². The average molecular weight is 483 g/mol. The second-order valence-electron chi connectivity index (χ2n) is 8.57. The van der Waals surface area contributed by atoms with E-state index in [-0.39, 0.29) is 28.6 Å². The highest BCUT2D eigenvalue weighted by atomic mass is 32.2. The summed E-state index contributed by atoms with van der Waals surface area (Å²) in [7, 11) is -3.82. The molecule has 34 heavy (non-hydrogen) atoms. The number of carbonyl (C=O) groups excluding carboxylic acids is 1. The van der Waals surface area contributed by atoms with Crippen LogP contribution in [0.1, 0.15) is 46.3 Å². The molecule has 9 nitrogen and oxygen atoms in total. The van der Waals surface area contributed by atoms with Crippen LogP contribution in [0.3, 0.4) is 0 Å². The number of rotatable bonds is 5. The van der Waals surface area contributed by atoms with E-state index in [2.05, 4.69) is 14.9 Å². The van der Waals surface area contributed by atoms with E-state index in [9.17, 15) is 13.2 Å². The number of morpholine rings is 1. The summed E-state index contributed by atoms with van der Waals surface area (Å²) in [5, 5.41) is 3.92. The van der Waals surface area contributed by atoms with Crippen molar-refractivity contribution in [1.82, 2.24) is 19.8 Å². The fourth-order valence-electron chi connectivity index (χ4n) is 4.49. The normalized spacial score (nSPS) is 18.5.